The van der Waals surface area contributed by atoms with Crippen LogP contribution in [0, 0.1) is 0 Å². The molecule has 0 saturated heterocycles. The Bertz CT molecular complexity index is 1850. The van der Waals surface area contributed by atoms with Crippen LogP contribution in [-0.2, 0) is 21.2 Å². The summed E-state index contributed by atoms with van der Waals surface area (Å²) in [5.74, 6) is -1.19. The Hall–Kier alpha value is -4.79. The summed E-state index contributed by atoms with van der Waals surface area (Å²) in [4.78, 5) is 44.7. The van der Waals surface area contributed by atoms with Crippen molar-refractivity contribution in [1.29, 1.82) is 0 Å². The largest absolute Gasteiger partial charge is 0.388 e. The number of carbonyl (C=O) groups excluding carboxylic acids is 3. The predicted molar refractivity (Wildman–Crippen MR) is 199 cm³/mol. The Kier molecular flexibility index (Phi) is 13.1. The van der Waals surface area contributed by atoms with Crippen LogP contribution in [0.15, 0.2) is 83.7 Å². The van der Waals surface area contributed by atoms with E-state index in [9.17, 15) is 22.8 Å². The van der Waals surface area contributed by atoms with Gasteiger partial charge >= 0.3 is 0 Å². The summed E-state index contributed by atoms with van der Waals surface area (Å²) < 4.78 is 25.9. The van der Waals surface area contributed by atoms with Crippen LogP contribution in [0.1, 0.15) is 70.4 Å². The number of benzene rings is 3. The highest BCUT2D eigenvalue weighted by Crippen LogP contribution is 2.22. The van der Waals surface area contributed by atoms with Crippen LogP contribution in [0.3, 0.4) is 0 Å². The van der Waals surface area contributed by atoms with Crippen LogP contribution in [0.25, 0.3) is 0 Å². The van der Waals surface area contributed by atoms with Gasteiger partial charge in [0.25, 0.3) is 11.8 Å². The molecule has 266 valence electrons. The SMILES string of the molecule is CNc1ccc([C@@H](C)NC(=O)[C@H](C)NC[C@H](Cc2cscn2)NC(=O)c2cc(C(=O)N[C@H](C)c3ccccc3)cc(N(C)S(C)(=O)=O)c2)cc1. The summed E-state index contributed by atoms with van der Waals surface area (Å²) >= 11 is 1.43. The summed E-state index contributed by atoms with van der Waals surface area (Å²) in [6.45, 7) is 5.73. The summed E-state index contributed by atoms with van der Waals surface area (Å²) in [5.41, 5.74) is 5.68. The van der Waals surface area contributed by atoms with Gasteiger partial charge in [-0.15, -0.1) is 11.3 Å². The van der Waals surface area contributed by atoms with E-state index >= 15 is 0 Å². The van der Waals surface area contributed by atoms with Crippen molar-refractivity contribution in [1.82, 2.24) is 26.3 Å². The zero-order valence-corrected chi connectivity index (χ0v) is 30.7. The van der Waals surface area contributed by atoms with Crippen LogP contribution in [0.5, 0.6) is 0 Å². The molecule has 0 radical (unpaired) electrons. The first-order chi connectivity index (χ1) is 23.7. The summed E-state index contributed by atoms with van der Waals surface area (Å²) in [6, 6.07) is 19.9. The van der Waals surface area contributed by atoms with E-state index < -0.39 is 33.9 Å². The van der Waals surface area contributed by atoms with E-state index in [0.717, 1.165) is 33.1 Å². The molecule has 50 heavy (non-hydrogen) atoms. The normalized spacial score (nSPS) is 13.7. The first-order valence-electron chi connectivity index (χ1n) is 16.2. The quantitative estimate of drug-likeness (QED) is 0.115. The molecule has 0 aliphatic heterocycles. The fourth-order valence-corrected chi connectivity index (χ4v) is 6.22. The highest BCUT2D eigenvalue weighted by Gasteiger charge is 2.23. The van der Waals surface area contributed by atoms with Crippen LogP contribution in [0.2, 0.25) is 0 Å². The van der Waals surface area contributed by atoms with Crippen molar-refractivity contribution in [3.8, 4) is 0 Å². The van der Waals surface area contributed by atoms with Crippen LogP contribution in [0.4, 0.5) is 11.4 Å². The van der Waals surface area contributed by atoms with Crippen LogP contribution >= 0.6 is 11.3 Å². The second-order valence-electron chi connectivity index (χ2n) is 12.2. The lowest BCUT2D eigenvalue weighted by Crippen LogP contribution is -2.50. The average Bonchev–Trinajstić information content (AvgIpc) is 3.62. The van der Waals surface area contributed by atoms with Crippen molar-refractivity contribution in [2.75, 3.05) is 36.5 Å². The maximum absolute atomic E-state index is 13.8. The number of rotatable bonds is 16. The van der Waals surface area contributed by atoms with E-state index in [0.29, 0.717) is 6.42 Å². The Labute approximate surface area is 298 Å². The Morgan fingerprint density at radius 2 is 1.44 bits per heavy atom. The van der Waals surface area contributed by atoms with Gasteiger partial charge in [0, 0.05) is 55.3 Å². The Balaban J connectivity index is 1.51. The zero-order valence-electron chi connectivity index (χ0n) is 29.1. The molecule has 0 saturated carbocycles. The van der Waals surface area contributed by atoms with Crippen molar-refractivity contribution in [2.24, 2.45) is 0 Å². The van der Waals surface area contributed by atoms with Gasteiger partial charge in [-0.05, 0) is 62.2 Å². The Morgan fingerprint density at radius 1 is 0.840 bits per heavy atom. The van der Waals surface area contributed by atoms with Gasteiger partial charge in [0.15, 0.2) is 0 Å². The van der Waals surface area contributed by atoms with Gasteiger partial charge in [0.2, 0.25) is 15.9 Å². The second kappa shape index (κ2) is 17.2. The van der Waals surface area contributed by atoms with E-state index in [-0.39, 0.29) is 41.3 Å². The molecule has 4 atom stereocenters. The lowest BCUT2D eigenvalue weighted by Gasteiger charge is -2.24. The van der Waals surface area contributed by atoms with Crippen molar-refractivity contribution in [3.63, 3.8) is 0 Å². The first-order valence-corrected chi connectivity index (χ1v) is 19.0. The molecule has 3 amide bonds. The highest BCUT2D eigenvalue weighted by atomic mass is 32.2. The number of hydrogen-bond donors (Lipinski definition) is 5. The molecule has 5 N–H and O–H groups in total. The minimum Gasteiger partial charge on any atom is -0.388 e. The summed E-state index contributed by atoms with van der Waals surface area (Å²) in [7, 11) is -0.503. The van der Waals surface area contributed by atoms with Gasteiger partial charge in [-0.3, -0.25) is 18.7 Å². The minimum absolute atomic E-state index is 0.0997. The smallest absolute Gasteiger partial charge is 0.251 e. The Morgan fingerprint density at radius 3 is 2.02 bits per heavy atom. The van der Waals surface area contributed by atoms with Gasteiger partial charge in [0.05, 0.1) is 41.3 Å². The minimum atomic E-state index is -3.71. The molecule has 0 unspecified atom stereocenters. The topological polar surface area (TPSA) is 162 Å². The zero-order chi connectivity index (χ0) is 36.4. The molecule has 0 fully saturated rings. The van der Waals surface area contributed by atoms with E-state index in [1.165, 1.54) is 36.6 Å². The van der Waals surface area contributed by atoms with E-state index in [2.05, 4.69) is 31.6 Å². The number of nitrogens with zero attached hydrogens (tertiary/aromatic N) is 2. The predicted octanol–water partition coefficient (Wildman–Crippen LogP) is 4.27. The third kappa shape index (κ3) is 10.6. The molecule has 0 aliphatic carbocycles. The fourth-order valence-electron chi connectivity index (χ4n) is 5.16. The molecule has 4 aromatic rings. The van der Waals surface area contributed by atoms with Crippen LogP contribution < -0.4 is 30.9 Å². The number of sulfonamides is 1. The molecule has 1 heterocycles. The molecule has 14 heteroatoms. The maximum Gasteiger partial charge on any atom is 0.251 e. The number of thiazole rings is 1. The second-order valence-corrected chi connectivity index (χ2v) is 14.9. The molecule has 0 aliphatic rings. The summed E-state index contributed by atoms with van der Waals surface area (Å²) in [5, 5.41) is 17.2. The lowest BCUT2D eigenvalue weighted by atomic mass is 10.0. The van der Waals surface area contributed by atoms with Gasteiger partial charge in [-0.1, -0.05) is 42.5 Å². The number of amides is 3. The van der Waals surface area contributed by atoms with E-state index in [1.807, 2.05) is 80.9 Å². The fraction of sp³-hybridized carbons (Fsp3) is 0.333. The number of nitrogens with one attached hydrogen (secondary N) is 5. The molecule has 1 aromatic heterocycles. The molecular formula is C36H45N7O5S2. The molecule has 0 bridgehead atoms. The molecule has 12 nitrogen and oxygen atoms in total. The lowest BCUT2D eigenvalue weighted by molar-refractivity contribution is -0.123. The first kappa shape index (κ1) is 38.0. The number of hydrogen-bond acceptors (Lipinski definition) is 9. The average molecular weight is 720 g/mol. The highest BCUT2D eigenvalue weighted by molar-refractivity contribution is 7.92. The van der Waals surface area contributed by atoms with Crippen molar-refractivity contribution < 1.29 is 22.8 Å². The van der Waals surface area contributed by atoms with Crippen molar-refractivity contribution in [2.45, 2.75) is 51.4 Å². The third-order valence-electron chi connectivity index (χ3n) is 8.35. The maximum atomic E-state index is 13.8. The summed E-state index contributed by atoms with van der Waals surface area (Å²) in [6.07, 6.45) is 1.42. The molecule has 3 aromatic carbocycles. The van der Waals surface area contributed by atoms with Crippen molar-refractivity contribution in [3.05, 3.63) is 112 Å². The van der Waals surface area contributed by atoms with Crippen molar-refractivity contribution >= 4 is 50.5 Å². The number of anilines is 2. The van der Waals surface area contributed by atoms with E-state index in [1.54, 1.807) is 12.4 Å². The molecule has 0 spiro atoms. The number of aromatic nitrogens is 1. The third-order valence-corrected chi connectivity index (χ3v) is 10.2. The van der Waals surface area contributed by atoms with Gasteiger partial charge in [0.1, 0.15) is 0 Å². The molecular weight excluding hydrogens is 675 g/mol. The van der Waals surface area contributed by atoms with Crippen LogP contribution in [-0.4, -0.2) is 70.1 Å². The van der Waals surface area contributed by atoms with Gasteiger partial charge < -0.3 is 26.6 Å². The number of carbonyl (C=O) groups is 3. The monoisotopic (exact) mass is 719 g/mol. The van der Waals surface area contributed by atoms with Gasteiger partial charge in [-0.2, -0.15) is 0 Å². The van der Waals surface area contributed by atoms with E-state index in [4.69, 9.17) is 0 Å². The standard InChI is InChI=1S/C36H45N7O5S2/c1-23(26-10-8-7-9-11-26)41-35(45)28-16-29(18-33(17-28)43(5)50(6,47)48)36(46)42-31(19-32-21-49-22-39-32)20-38-25(3)34(44)40-24(2)27-12-14-30(37-4)15-13-27/h7-18,21-25,31,37-38H,19-20H2,1-6H3,(H,40,44)(H,41,45)(H,42,46)/t23-,24-,25+,31+/m1/s1. The molecule has 4 rings (SSSR count). The van der Waals surface area contributed by atoms with Gasteiger partial charge in [-0.25, -0.2) is 13.4 Å².